The van der Waals surface area contributed by atoms with Gasteiger partial charge in [0.2, 0.25) is 0 Å². The lowest BCUT2D eigenvalue weighted by Crippen LogP contribution is -2.40. The average Bonchev–Trinajstić information content (AvgIpc) is 2.85. The van der Waals surface area contributed by atoms with Crippen LogP contribution in [-0.4, -0.2) is 29.2 Å². The van der Waals surface area contributed by atoms with Crippen LogP contribution in [0.3, 0.4) is 0 Å². The summed E-state index contributed by atoms with van der Waals surface area (Å²) in [6.07, 6.45) is 4.37. The summed E-state index contributed by atoms with van der Waals surface area (Å²) in [5.74, 6) is -0.619. The van der Waals surface area contributed by atoms with Crippen molar-refractivity contribution < 1.29 is 15.0 Å². The lowest BCUT2D eigenvalue weighted by Gasteiger charge is -2.27. The molecule has 5 N–H and O–H groups in total. The van der Waals surface area contributed by atoms with Crippen molar-refractivity contribution in [2.24, 2.45) is 11.1 Å². The van der Waals surface area contributed by atoms with Gasteiger partial charge in [0.15, 0.2) is 0 Å². The number of hydrogen-bond donors (Lipinski definition) is 4. The van der Waals surface area contributed by atoms with E-state index in [0.717, 1.165) is 31.7 Å². The molecular weight excluding hydrogens is 244 g/mol. The molecule has 0 unspecified atom stereocenters. The molecule has 1 fully saturated rings. The van der Waals surface area contributed by atoms with Crippen LogP contribution in [-0.2, 0) is 0 Å². The molecule has 0 aromatic heterocycles. The first-order valence-electron chi connectivity index (χ1n) is 6.57. The molecule has 1 aromatic rings. The monoisotopic (exact) mass is 264 g/mol. The van der Waals surface area contributed by atoms with Crippen LogP contribution in [0.25, 0.3) is 0 Å². The molecular formula is C14H20N2O3. The van der Waals surface area contributed by atoms with E-state index in [2.05, 4.69) is 5.32 Å². The summed E-state index contributed by atoms with van der Waals surface area (Å²) in [4.78, 5) is 12.0. The van der Waals surface area contributed by atoms with E-state index in [1.54, 1.807) is 0 Å². The van der Waals surface area contributed by atoms with E-state index in [9.17, 15) is 15.0 Å². The highest BCUT2D eigenvalue weighted by Crippen LogP contribution is 2.36. The number of phenolic OH excluding ortho intramolecular Hbond substituents is 2. The highest BCUT2D eigenvalue weighted by Gasteiger charge is 2.32. The highest BCUT2D eigenvalue weighted by atomic mass is 16.3. The minimum absolute atomic E-state index is 0.00218. The van der Waals surface area contributed by atoms with E-state index in [0.29, 0.717) is 13.1 Å². The third-order valence-corrected chi connectivity index (χ3v) is 3.95. The van der Waals surface area contributed by atoms with E-state index in [-0.39, 0.29) is 28.4 Å². The lowest BCUT2D eigenvalue weighted by atomic mass is 9.86. The summed E-state index contributed by atoms with van der Waals surface area (Å²) in [6.45, 7) is 1.09. The molecule has 0 atom stereocenters. The van der Waals surface area contributed by atoms with Gasteiger partial charge in [0.05, 0.1) is 5.56 Å². The van der Waals surface area contributed by atoms with Crippen LogP contribution in [0, 0.1) is 5.41 Å². The number of nitrogens with one attached hydrogen (secondary N) is 1. The molecule has 2 rings (SSSR count). The first-order chi connectivity index (χ1) is 9.06. The maximum Gasteiger partial charge on any atom is 0.255 e. The quantitative estimate of drug-likeness (QED) is 0.660. The molecule has 0 heterocycles. The van der Waals surface area contributed by atoms with Crippen LogP contribution in [0.4, 0.5) is 0 Å². The molecule has 0 bridgehead atoms. The van der Waals surface area contributed by atoms with Gasteiger partial charge in [-0.05, 0) is 36.9 Å². The number of carbonyl (C=O) groups excluding carboxylic acids is 1. The molecule has 1 aliphatic rings. The summed E-state index contributed by atoms with van der Waals surface area (Å²) in [7, 11) is 0. The molecule has 0 aliphatic heterocycles. The SMILES string of the molecule is NCC1(CNC(=O)c2ccc(O)cc2O)CCCC1. The number of amides is 1. The highest BCUT2D eigenvalue weighted by molar-refractivity contribution is 5.97. The van der Waals surface area contributed by atoms with Crippen molar-refractivity contribution in [3.8, 4) is 11.5 Å². The number of nitrogens with two attached hydrogens (primary N) is 1. The van der Waals surface area contributed by atoms with Gasteiger partial charge in [0.25, 0.3) is 5.91 Å². The molecule has 0 radical (unpaired) electrons. The first kappa shape index (κ1) is 13.7. The minimum atomic E-state index is -0.336. The van der Waals surface area contributed by atoms with Crippen molar-refractivity contribution in [1.82, 2.24) is 5.32 Å². The smallest absolute Gasteiger partial charge is 0.255 e. The van der Waals surface area contributed by atoms with Gasteiger partial charge < -0.3 is 21.3 Å². The summed E-state index contributed by atoms with van der Waals surface area (Å²) >= 11 is 0. The Morgan fingerprint density at radius 1 is 1.32 bits per heavy atom. The molecule has 1 amide bonds. The van der Waals surface area contributed by atoms with Gasteiger partial charge in [-0.1, -0.05) is 12.8 Å². The van der Waals surface area contributed by atoms with Gasteiger partial charge in [-0.25, -0.2) is 0 Å². The number of rotatable bonds is 4. The van der Waals surface area contributed by atoms with Crippen LogP contribution in [0.5, 0.6) is 11.5 Å². The van der Waals surface area contributed by atoms with E-state index in [4.69, 9.17) is 5.73 Å². The molecule has 1 aliphatic carbocycles. The molecule has 0 saturated heterocycles. The van der Waals surface area contributed by atoms with Gasteiger partial charge in [0, 0.05) is 12.6 Å². The Morgan fingerprint density at radius 3 is 2.58 bits per heavy atom. The summed E-state index contributed by atoms with van der Waals surface area (Å²) < 4.78 is 0. The van der Waals surface area contributed by atoms with Gasteiger partial charge in [0.1, 0.15) is 11.5 Å². The van der Waals surface area contributed by atoms with Crippen molar-refractivity contribution >= 4 is 5.91 Å². The van der Waals surface area contributed by atoms with Crippen LogP contribution in [0.2, 0.25) is 0 Å². The molecule has 5 nitrogen and oxygen atoms in total. The second-order valence-corrected chi connectivity index (χ2v) is 5.30. The first-order valence-corrected chi connectivity index (χ1v) is 6.57. The topological polar surface area (TPSA) is 95.6 Å². The number of benzene rings is 1. The molecule has 0 spiro atoms. The summed E-state index contributed by atoms with van der Waals surface area (Å²) in [6, 6.07) is 3.94. The van der Waals surface area contributed by atoms with Gasteiger partial charge in [-0.15, -0.1) is 0 Å². The second kappa shape index (κ2) is 5.48. The zero-order chi connectivity index (χ0) is 13.9. The van der Waals surface area contributed by atoms with Crippen LogP contribution < -0.4 is 11.1 Å². The van der Waals surface area contributed by atoms with Crippen molar-refractivity contribution in [3.63, 3.8) is 0 Å². The average molecular weight is 264 g/mol. The Kier molecular flexibility index (Phi) is 3.95. The predicted molar refractivity (Wildman–Crippen MR) is 72.1 cm³/mol. The second-order valence-electron chi connectivity index (χ2n) is 5.30. The molecule has 104 valence electrons. The van der Waals surface area contributed by atoms with Crippen LogP contribution >= 0.6 is 0 Å². The Hall–Kier alpha value is -1.75. The van der Waals surface area contributed by atoms with Gasteiger partial charge in [-0.2, -0.15) is 0 Å². The Labute approximate surface area is 112 Å². The molecule has 1 aromatic carbocycles. The summed E-state index contributed by atoms with van der Waals surface area (Å²) in [5.41, 5.74) is 5.98. The third-order valence-electron chi connectivity index (χ3n) is 3.95. The van der Waals surface area contributed by atoms with Crippen molar-refractivity contribution in [3.05, 3.63) is 23.8 Å². The molecule has 1 saturated carbocycles. The fourth-order valence-electron chi connectivity index (χ4n) is 2.65. The van der Waals surface area contributed by atoms with E-state index >= 15 is 0 Å². The Morgan fingerprint density at radius 2 is 2.00 bits per heavy atom. The van der Waals surface area contributed by atoms with Gasteiger partial charge >= 0.3 is 0 Å². The van der Waals surface area contributed by atoms with E-state index in [1.165, 1.54) is 12.1 Å². The van der Waals surface area contributed by atoms with Crippen molar-refractivity contribution in [1.29, 1.82) is 0 Å². The lowest BCUT2D eigenvalue weighted by molar-refractivity contribution is 0.0929. The fourth-order valence-corrected chi connectivity index (χ4v) is 2.65. The normalized spacial score (nSPS) is 17.3. The van der Waals surface area contributed by atoms with Crippen molar-refractivity contribution in [2.75, 3.05) is 13.1 Å². The zero-order valence-electron chi connectivity index (χ0n) is 10.9. The number of aromatic hydroxyl groups is 2. The van der Waals surface area contributed by atoms with Crippen LogP contribution in [0.15, 0.2) is 18.2 Å². The number of carbonyl (C=O) groups is 1. The van der Waals surface area contributed by atoms with Gasteiger partial charge in [-0.3, -0.25) is 4.79 Å². The minimum Gasteiger partial charge on any atom is -0.508 e. The Bertz CT molecular complexity index is 468. The number of phenols is 2. The Balaban J connectivity index is 2.01. The maximum absolute atomic E-state index is 12.0. The van der Waals surface area contributed by atoms with Crippen LogP contribution in [0.1, 0.15) is 36.0 Å². The predicted octanol–water partition coefficient (Wildman–Crippen LogP) is 1.35. The van der Waals surface area contributed by atoms with E-state index in [1.807, 2.05) is 0 Å². The standard InChI is InChI=1S/C14H20N2O3/c15-8-14(5-1-2-6-14)9-16-13(19)11-4-3-10(17)7-12(11)18/h3-4,7,17-18H,1-2,5-6,8-9,15H2,(H,16,19). The molecule has 5 heteroatoms. The number of hydrogen-bond acceptors (Lipinski definition) is 4. The van der Waals surface area contributed by atoms with E-state index < -0.39 is 0 Å². The fraction of sp³-hybridized carbons (Fsp3) is 0.500. The zero-order valence-corrected chi connectivity index (χ0v) is 10.9. The third kappa shape index (κ3) is 2.98. The van der Waals surface area contributed by atoms with Crippen molar-refractivity contribution in [2.45, 2.75) is 25.7 Å². The maximum atomic E-state index is 12.0. The molecule has 19 heavy (non-hydrogen) atoms. The largest absolute Gasteiger partial charge is 0.508 e. The summed E-state index contributed by atoms with van der Waals surface area (Å²) in [5, 5.41) is 21.7.